The fourth-order valence-electron chi connectivity index (χ4n) is 2.43. The number of aromatic nitrogens is 2. The van der Waals surface area contributed by atoms with Crippen molar-refractivity contribution in [3.63, 3.8) is 0 Å². The molecule has 2 atom stereocenters. The van der Waals surface area contributed by atoms with Crippen molar-refractivity contribution in [1.29, 1.82) is 0 Å². The summed E-state index contributed by atoms with van der Waals surface area (Å²) in [7, 11) is 0. The minimum atomic E-state index is 0.455. The third-order valence-corrected chi connectivity index (χ3v) is 3.49. The molecule has 4 nitrogen and oxygen atoms in total. The molecule has 0 radical (unpaired) electrons. The van der Waals surface area contributed by atoms with E-state index in [2.05, 4.69) is 29.0 Å². The van der Waals surface area contributed by atoms with E-state index < -0.39 is 0 Å². The quantitative estimate of drug-likeness (QED) is 0.828. The predicted molar refractivity (Wildman–Crippen MR) is 73.8 cm³/mol. The zero-order valence-electron chi connectivity index (χ0n) is 10.8. The highest BCUT2D eigenvalue weighted by Crippen LogP contribution is 2.19. The first kappa shape index (κ1) is 11.4. The fraction of sp³-hybridized carbons (Fsp3) is 0.429. The van der Waals surface area contributed by atoms with E-state index in [1.807, 2.05) is 30.5 Å². The standard InChI is InChI=1S/C14H18N4/c1-10-9-18(11(2)7-15-10)14-8-16-12-5-3-4-6-13(12)17-14/h3-6,8,10-11,15H,7,9H2,1-2H3. The average Bonchev–Trinajstić information content (AvgIpc) is 2.41. The summed E-state index contributed by atoms with van der Waals surface area (Å²) in [6, 6.07) is 8.96. The van der Waals surface area contributed by atoms with E-state index in [9.17, 15) is 0 Å². The highest BCUT2D eigenvalue weighted by atomic mass is 15.3. The Bertz CT molecular complexity index is 554. The van der Waals surface area contributed by atoms with E-state index in [1.165, 1.54) is 0 Å². The summed E-state index contributed by atoms with van der Waals surface area (Å²) in [4.78, 5) is 11.5. The molecule has 1 aromatic carbocycles. The van der Waals surface area contributed by atoms with E-state index in [0.717, 1.165) is 29.9 Å². The monoisotopic (exact) mass is 242 g/mol. The second kappa shape index (κ2) is 4.53. The van der Waals surface area contributed by atoms with Crippen LogP contribution in [0.5, 0.6) is 0 Å². The predicted octanol–water partition coefficient (Wildman–Crippen LogP) is 1.82. The number of hydrogen-bond acceptors (Lipinski definition) is 4. The minimum absolute atomic E-state index is 0.455. The van der Waals surface area contributed by atoms with Gasteiger partial charge in [0.15, 0.2) is 0 Å². The van der Waals surface area contributed by atoms with Gasteiger partial charge in [0.1, 0.15) is 5.82 Å². The Morgan fingerprint density at radius 3 is 2.83 bits per heavy atom. The molecule has 18 heavy (non-hydrogen) atoms. The van der Waals surface area contributed by atoms with Crippen LogP contribution < -0.4 is 10.2 Å². The summed E-state index contributed by atoms with van der Waals surface area (Å²) in [5, 5.41) is 3.48. The second-order valence-electron chi connectivity index (χ2n) is 5.03. The van der Waals surface area contributed by atoms with Gasteiger partial charge >= 0.3 is 0 Å². The molecule has 1 aliphatic rings. The molecular weight excluding hydrogens is 224 g/mol. The third-order valence-electron chi connectivity index (χ3n) is 3.49. The Kier molecular flexibility index (Phi) is 2.88. The van der Waals surface area contributed by atoms with Gasteiger partial charge in [-0.05, 0) is 26.0 Å². The smallest absolute Gasteiger partial charge is 0.148 e. The van der Waals surface area contributed by atoms with Crippen molar-refractivity contribution in [3.05, 3.63) is 30.5 Å². The lowest BCUT2D eigenvalue weighted by atomic mass is 10.1. The Hall–Kier alpha value is -1.68. The fourth-order valence-corrected chi connectivity index (χ4v) is 2.43. The molecule has 94 valence electrons. The van der Waals surface area contributed by atoms with E-state index in [-0.39, 0.29) is 0 Å². The lowest BCUT2D eigenvalue weighted by molar-refractivity contribution is 0.422. The van der Waals surface area contributed by atoms with E-state index in [1.54, 1.807) is 0 Å². The van der Waals surface area contributed by atoms with Gasteiger partial charge in [-0.15, -0.1) is 0 Å². The van der Waals surface area contributed by atoms with Crippen molar-refractivity contribution >= 4 is 16.9 Å². The van der Waals surface area contributed by atoms with E-state index in [0.29, 0.717) is 12.1 Å². The number of fused-ring (bicyclic) bond motifs is 1. The number of nitrogens with zero attached hydrogens (tertiary/aromatic N) is 3. The Morgan fingerprint density at radius 2 is 2.00 bits per heavy atom. The van der Waals surface area contributed by atoms with Crippen molar-refractivity contribution in [2.45, 2.75) is 25.9 Å². The van der Waals surface area contributed by atoms with Crippen LogP contribution in [-0.4, -0.2) is 35.1 Å². The maximum atomic E-state index is 4.72. The number of nitrogens with one attached hydrogen (secondary N) is 1. The van der Waals surface area contributed by atoms with E-state index >= 15 is 0 Å². The van der Waals surface area contributed by atoms with Crippen LogP contribution in [-0.2, 0) is 0 Å². The molecule has 1 aliphatic heterocycles. The summed E-state index contributed by atoms with van der Waals surface area (Å²) < 4.78 is 0. The van der Waals surface area contributed by atoms with Crippen molar-refractivity contribution in [2.24, 2.45) is 0 Å². The van der Waals surface area contributed by atoms with Crippen molar-refractivity contribution in [2.75, 3.05) is 18.0 Å². The van der Waals surface area contributed by atoms with Crippen molar-refractivity contribution < 1.29 is 0 Å². The topological polar surface area (TPSA) is 41.1 Å². The number of benzene rings is 1. The Morgan fingerprint density at radius 1 is 1.22 bits per heavy atom. The van der Waals surface area contributed by atoms with Crippen LogP contribution in [0.15, 0.2) is 30.5 Å². The van der Waals surface area contributed by atoms with Gasteiger partial charge in [-0.1, -0.05) is 12.1 Å². The lowest BCUT2D eigenvalue weighted by Gasteiger charge is -2.38. The first-order valence-corrected chi connectivity index (χ1v) is 6.46. The molecule has 2 heterocycles. The minimum Gasteiger partial charge on any atom is -0.350 e. The molecule has 3 rings (SSSR count). The van der Waals surface area contributed by atoms with Crippen LogP contribution in [0.25, 0.3) is 11.0 Å². The Labute approximate surface area is 107 Å². The maximum Gasteiger partial charge on any atom is 0.148 e. The molecule has 0 spiro atoms. The normalized spacial score (nSPS) is 24.4. The van der Waals surface area contributed by atoms with Gasteiger partial charge in [0.2, 0.25) is 0 Å². The molecule has 0 saturated carbocycles. The largest absolute Gasteiger partial charge is 0.350 e. The van der Waals surface area contributed by atoms with Gasteiger partial charge in [-0.2, -0.15) is 0 Å². The van der Waals surface area contributed by atoms with Gasteiger partial charge in [0.25, 0.3) is 0 Å². The Balaban J connectivity index is 1.97. The summed E-state index contributed by atoms with van der Waals surface area (Å²) in [5.41, 5.74) is 1.92. The van der Waals surface area contributed by atoms with Crippen LogP contribution in [0.1, 0.15) is 13.8 Å². The van der Waals surface area contributed by atoms with Crippen LogP contribution in [0.4, 0.5) is 5.82 Å². The lowest BCUT2D eigenvalue weighted by Crippen LogP contribution is -2.54. The van der Waals surface area contributed by atoms with Crippen LogP contribution in [0.2, 0.25) is 0 Å². The van der Waals surface area contributed by atoms with Gasteiger partial charge in [0, 0.05) is 25.2 Å². The molecule has 0 bridgehead atoms. The van der Waals surface area contributed by atoms with Gasteiger partial charge < -0.3 is 10.2 Å². The summed E-state index contributed by atoms with van der Waals surface area (Å²) in [5.74, 6) is 0.981. The highest BCUT2D eigenvalue weighted by Gasteiger charge is 2.23. The average molecular weight is 242 g/mol. The van der Waals surface area contributed by atoms with Gasteiger partial charge in [-0.25, -0.2) is 4.98 Å². The maximum absolute atomic E-state index is 4.72. The molecule has 0 amide bonds. The van der Waals surface area contributed by atoms with Crippen LogP contribution in [0.3, 0.4) is 0 Å². The molecule has 1 saturated heterocycles. The first-order valence-electron chi connectivity index (χ1n) is 6.46. The van der Waals surface area contributed by atoms with E-state index in [4.69, 9.17) is 4.98 Å². The number of anilines is 1. The number of hydrogen-bond donors (Lipinski definition) is 1. The van der Waals surface area contributed by atoms with Crippen LogP contribution in [0, 0.1) is 0 Å². The molecule has 2 unspecified atom stereocenters. The molecule has 4 heteroatoms. The van der Waals surface area contributed by atoms with Crippen molar-refractivity contribution in [1.82, 2.24) is 15.3 Å². The third kappa shape index (κ3) is 2.04. The molecule has 1 N–H and O–H groups in total. The second-order valence-corrected chi connectivity index (χ2v) is 5.03. The number of para-hydroxylation sites is 2. The molecule has 0 aliphatic carbocycles. The molecule has 1 aromatic heterocycles. The molecule has 1 fully saturated rings. The summed E-state index contributed by atoms with van der Waals surface area (Å²) in [6.07, 6.45) is 1.89. The summed E-state index contributed by atoms with van der Waals surface area (Å²) >= 11 is 0. The summed E-state index contributed by atoms with van der Waals surface area (Å²) in [6.45, 7) is 6.40. The first-order chi connectivity index (χ1) is 8.74. The highest BCUT2D eigenvalue weighted by molar-refractivity contribution is 5.75. The molecular formula is C14H18N4. The SMILES string of the molecule is CC1CN(c2cnc3ccccc3n2)C(C)CN1. The van der Waals surface area contributed by atoms with Crippen LogP contribution >= 0.6 is 0 Å². The van der Waals surface area contributed by atoms with Gasteiger partial charge in [0.05, 0.1) is 17.2 Å². The zero-order valence-corrected chi connectivity index (χ0v) is 10.8. The van der Waals surface area contributed by atoms with Gasteiger partial charge in [-0.3, -0.25) is 4.98 Å². The number of piperazine rings is 1. The van der Waals surface area contributed by atoms with Crippen molar-refractivity contribution in [3.8, 4) is 0 Å². The molecule has 2 aromatic rings. The zero-order chi connectivity index (χ0) is 12.5. The number of rotatable bonds is 1.